The predicted octanol–water partition coefficient (Wildman–Crippen LogP) is 0.394. The van der Waals surface area contributed by atoms with Gasteiger partial charge in [-0.3, -0.25) is 9.59 Å². The molecule has 19 heavy (non-hydrogen) atoms. The molecule has 0 radical (unpaired) electrons. The van der Waals surface area contributed by atoms with E-state index in [-0.39, 0.29) is 18.4 Å². The van der Waals surface area contributed by atoms with Crippen LogP contribution in [-0.4, -0.2) is 52.9 Å². The molecule has 1 aromatic rings. The fourth-order valence-corrected chi connectivity index (χ4v) is 2.23. The molecular formula is C13H20N4O2. The number of carbonyl (C=O) groups excluding carboxylic acids is 2. The molecule has 2 N–H and O–H groups in total. The number of amides is 2. The van der Waals surface area contributed by atoms with Gasteiger partial charge in [0.15, 0.2) is 0 Å². The van der Waals surface area contributed by atoms with Crippen molar-refractivity contribution >= 4 is 17.5 Å². The van der Waals surface area contributed by atoms with Crippen molar-refractivity contribution in [1.29, 1.82) is 0 Å². The molecule has 1 aliphatic heterocycles. The van der Waals surface area contributed by atoms with E-state index in [1.807, 2.05) is 11.5 Å². The maximum absolute atomic E-state index is 12.4. The van der Waals surface area contributed by atoms with Crippen LogP contribution in [0.1, 0.15) is 23.8 Å². The molecule has 6 nitrogen and oxygen atoms in total. The molecule has 2 heterocycles. The third kappa shape index (κ3) is 2.72. The topological polar surface area (TPSA) is 71.6 Å². The van der Waals surface area contributed by atoms with Crippen molar-refractivity contribution < 1.29 is 9.59 Å². The summed E-state index contributed by atoms with van der Waals surface area (Å²) >= 11 is 0. The maximum atomic E-state index is 12.4. The van der Waals surface area contributed by atoms with Crippen LogP contribution in [0.25, 0.3) is 0 Å². The summed E-state index contributed by atoms with van der Waals surface area (Å²) in [5, 5.41) is 0. The van der Waals surface area contributed by atoms with Gasteiger partial charge in [-0.2, -0.15) is 0 Å². The highest BCUT2D eigenvalue weighted by atomic mass is 16.2. The summed E-state index contributed by atoms with van der Waals surface area (Å²) in [7, 11) is 1.75. The average molecular weight is 264 g/mol. The number of piperazine rings is 1. The van der Waals surface area contributed by atoms with Crippen molar-refractivity contribution in [3.63, 3.8) is 0 Å². The molecule has 6 heteroatoms. The Morgan fingerprint density at radius 2 is 2.16 bits per heavy atom. The van der Waals surface area contributed by atoms with Crippen molar-refractivity contribution in [2.45, 2.75) is 19.9 Å². The number of aryl methyl sites for hydroxylation is 1. The van der Waals surface area contributed by atoms with Gasteiger partial charge in [-0.05, 0) is 12.5 Å². The molecule has 0 spiro atoms. The number of rotatable bonds is 3. The number of aromatic nitrogens is 1. The lowest BCUT2D eigenvalue weighted by molar-refractivity contribution is -0.133. The summed E-state index contributed by atoms with van der Waals surface area (Å²) in [6.07, 6.45) is 2.70. The molecular weight excluding hydrogens is 244 g/mol. The van der Waals surface area contributed by atoms with Crippen LogP contribution in [0.5, 0.6) is 0 Å². The molecule has 1 fully saturated rings. The van der Waals surface area contributed by atoms with Crippen molar-refractivity contribution in [3.05, 3.63) is 18.0 Å². The predicted molar refractivity (Wildman–Crippen MR) is 72.7 cm³/mol. The van der Waals surface area contributed by atoms with Gasteiger partial charge in [0.25, 0.3) is 5.91 Å². The highest BCUT2D eigenvalue weighted by Gasteiger charge is 2.27. The van der Waals surface area contributed by atoms with E-state index < -0.39 is 0 Å². The van der Waals surface area contributed by atoms with Gasteiger partial charge in [0.05, 0.1) is 5.69 Å². The van der Waals surface area contributed by atoms with E-state index in [0.29, 0.717) is 24.5 Å². The van der Waals surface area contributed by atoms with E-state index in [2.05, 4.69) is 0 Å². The first-order valence-electron chi connectivity index (χ1n) is 6.51. The van der Waals surface area contributed by atoms with Crippen LogP contribution in [-0.2, 0) is 11.3 Å². The number of hydrogen-bond acceptors (Lipinski definition) is 3. The minimum absolute atomic E-state index is 0.0267. The molecule has 2 rings (SSSR count). The minimum Gasteiger partial charge on any atom is -0.397 e. The fraction of sp³-hybridized carbons (Fsp3) is 0.538. The lowest BCUT2D eigenvalue weighted by Gasteiger charge is -2.32. The zero-order valence-electron chi connectivity index (χ0n) is 11.4. The Hall–Kier alpha value is -1.98. The summed E-state index contributed by atoms with van der Waals surface area (Å²) in [6, 6.07) is 1.68. The van der Waals surface area contributed by atoms with Crippen LogP contribution in [0.4, 0.5) is 5.69 Å². The molecule has 0 unspecified atom stereocenters. The molecule has 0 saturated carbocycles. The Bertz CT molecular complexity index is 495. The minimum atomic E-state index is -0.119. The zero-order valence-corrected chi connectivity index (χ0v) is 11.4. The van der Waals surface area contributed by atoms with Crippen molar-refractivity contribution in [3.8, 4) is 0 Å². The molecule has 0 aromatic carbocycles. The Morgan fingerprint density at radius 1 is 1.42 bits per heavy atom. The second-order valence-corrected chi connectivity index (χ2v) is 4.89. The lowest BCUT2D eigenvalue weighted by atomic mass is 10.2. The number of nitrogen functional groups attached to an aromatic ring is 1. The molecule has 2 amide bonds. The van der Waals surface area contributed by atoms with Gasteiger partial charge >= 0.3 is 0 Å². The quantitative estimate of drug-likeness (QED) is 0.858. The number of nitrogens with zero attached hydrogens (tertiary/aromatic N) is 3. The Morgan fingerprint density at radius 3 is 2.79 bits per heavy atom. The molecule has 1 saturated heterocycles. The van der Waals surface area contributed by atoms with Crippen LogP contribution in [0.2, 0.25) is 0 Å². The van der Waals surface area contributed by atoms with Crippen LogP contribution >= 0.6 is 0 Å². The van der Waals surface area contributed by atoms with Gasteiger partial charge in [0.1, 0.15) is 12.2 Å². The Kier molecular flexibility index (Phi) is 3.78. The van der Waals surface area contributed by atoms with Gasteiger partial charge in [0, 0.05) is 32.9 Å². The molecule has 104 valence electrons. The van der Waals surface area contributed by atoms with Crippen LogP contribution < -0.4 is 5.73 Å². The van der Waals surface area contributed by atoms with Gasteiger partial charge in [-0.15, -0.1) is 0 Å². The van der Waals surface area contributed by atoms with E-state index >= 15 is 0 Å². The van der Waals surface area contributed by atoms with E-state index in [4.69, 9.17) is 5.73 Å². The molecule has 1 aromatic heterocycles. The first kappa shape index (κ1) is 13.5. The molecule has 0 atom stereocenters. The van der Waals surface area contributed by atoms with Crippen molar-refractivity contribution in [2.75, 3.05) is 32.4 Å². The van der Waals surface area contributed by atoms with Crippen LogP contribution in [0.15, 0.2) is 12.3 Å². The van der Waals surface area contributed by atoms with Crippen molar-refractivity contribution in [2.24, 2.45) is 0 Å². The van der Waals surface area contributed by atoms with Gasteiger partial charge in [-0.1, -0.05) is 6.92 Å². The standard InChI is InChI=1S/C13H20N4O2/c1-3-4-16-8-10(14)7-11(16)13(19)17-6-5-15(2)12(18)9-17/h7-8H,3-6,9,14H2,1-2H3. The SMILES string of the molecule is CCCn1cc(N)cc1C(=O)N1CCN(C)C(=O)C1. The smallest absolute Gasteiger partial charge is 0.271 e. The fourth-order valence-electron chi connectivity index (χ4n) is 2.23. The van der Waals surface area contributed by atoms with E-state index in [9.17, 15) is 9.59 Å². The Labute approximate surface area is 112 Å². The first-order chi connectivity index (χ1) is 9.02. The maximum Gasteiger partial charge on any atom is 0.271 e. The molecule has 1 aliphatic rings. The second kappa shape index (κ2) is 5.34. The van der Waals surface area contributed by atoms with Gasteiger partial charge in [-0.25, -0.2) is 0 Å². The number of anilines is 1. The molecule has 0 aliphatic carbocycles. The summed E-state index contributed by atoms with van der Waals surface area (Å²) in [6.45, 7) is 4.09. The normalized spacial score (nSPS) is 16.0. The zero-order chi connectivity index (χ0) is 14.0. The summed E-state index contributed by atoms with van der Waals surface area (Å²) in [5.74, 6) is -0.146. The van der Waals surface area contributed by atoms with Gasteiger partial charge < -0.3 is 20.1 Å². The third-order valence-corrected chi connectivity index (χ3v) is 3.35. The van der Waals surface area contributed by atoms with Crippen LogP contribution in [0, 0.1) is 0 Å². The number of carbonyl (C=O) groups is 2. The summed E-state index contributed by atoms with van der Waals surface area (Å²) < 4.78 is 1.86. The van der Waals surface area contributed by atoms with E-state index in [0.717, 1.165) is 13.0 Å². The summed E-state index contributed by atoms with van der Waals surface area (Å²) in [4.78, 5) is 27.3. The van der Waals surface area contributed by atoms with E-state index in [1.165, 1.54) is 0 Å². The molecule has 0 bridgehead atoms. The first-order valence-corrected chi connectivity index (χ1v) is 6.51. The lowest BCUT2D eigenvalue weighted by Crippen LogP contribution is -2.50. The highest BCUT2D eigenvalue weighted by Crippen LogP contribution is 2.15. The second-order valence-electron chi connectivity index (χ2n) is 4.89. The number of likely N-dealkylation sites (N-methyl/N-ethyl adjacent to an activating group) is 1. The van der Waals surface area contributed by atoms with Crippen LogP contribution in [0.3, 0.4) is 0 Å². The van der Waals surface area contributed by atoms with Crippen molar-refractivity contribution in [1.82, 2.24) is 14.4 Å². The number of nitrogens with two attached hydrogens (primary N) is 1. The van der Waals surface area contributed by atoms with Gasteiger partial charge in [0.2, 0.25) is 5.91 Å². The average Bonchev–Trinajstić information content (AvgIpc) is 2.73. The number of hydrogen-bond donors (Lipinski definition) is 1. The Balaban J connectivity index is 2.17. The monoisotopic (exact) mass is 264 g/mol. The largest absolute Gasteiger partial charge is 0.397 e. The summed E-state index contributed by atoms with van der Waals surface area (Å²) in [5.41, 5.74) is 6.91. The van der Waals surface area contributed by atoms with E-state index in [1.54, 1.807) is 29.1 Å². The highest BCUT2D eigenvalue weighted by molar-refractivity contribution is 5.96. The third-order valence-electron chi connectivity index (χ3n) is 3.35.